The van der Waals surface area contributed by atoms with E-state index in [0.29, 0.717) is 24.3 Å². The van der Waals surface area contributed by atoms with E-state index < -0.39 is 0 Å². The van der Waals surface area contributed by atoms with Crippen LogP contribution in [0.3, 0.4) is 0 Å². The summed E-state index contributed by atoms with van der Waals surface area (Å²) >= 11 is 0. The Labute approximate surface area is 105 Å². The Bertz CT molecular complexity index is 512. The van der Waals surface area contributed by atoms with E-state index in [-0.39, 0.29) is 0 Å². The van der Waals surface area contributed by atoms with Crippen LogP contribution in [0.25, 0.3) is 11.5 Å². The molecule has 1 saturated carbocycles. The van der Waals surface area contributed by atoms with Crippen LogP contribution in [0.2, 0.25) is 0 Å². The summed E-state index contributed by atoms with van der Waals surface area (Å²) in [5.41, 5.74) is 0.744. The van der Waals surface area contributed by atoms with Gasteiger partial charge >= 0.3 is 0 Å². The summed E-state index contributed by atoms with van der Waals surface area (Å²) in [6.07, 6.45) is 7.01. The highest BCUT2D eigenvalue weighted by atomic mass is 16.5. The fraction of sp³-hybridized carbons (Fsp3) is 0.583. The maximum atomic E-state index is 5.22. The fourth-order valence-electron chi connectivity index (χ4n) is 2.33. The van der Waals surface area contributed by atoms with Crippen LogP contribution in [0.1, 0.15) is 31.6 Å². The first kappa shape index (κ1) is 11.4. The van der Waals surface area contributed by atoms with Gasteiger partial charge in [0.1, 0.15) is 5.69 Å². The largest absolute Gasteiger partial charge is 0.337 e. The molecule has 1 N–H and O–H groups in total. The van der Waals surface area contributed by atoms with Crippen LogP contribution in [0, 0.1) is 0 Å². The lowest BCUT2D eigenvalue weighted by molar-refractivity contribution is 0.357. The Balaban J connectivity index is 1.62. The molecule has 0 aliphatic heterocycles. The van der Waals surface area contributed by atoms with Crippen LogP contribution >= 0.6 is 0 Å². The summed E-state index contributed by atoms with van der Waals surface area (Å²) in [6.45, 7) is 0.643. The van der Waals surface area contributed by atoms with E-state index >= 15 is 0 Å². The summed E-state index contributed by atoms with van der Waals surface area (Å²) in [5, 5.41) is 11.6. The predicted octanol–water partition coefficient (Wildman–Crippen LogP) is 1.50. The smallest absolute Gasteiger partial charge is 0.240 e. The van der Waals surface area contributed by atoms with Crippen LogP contribution in [-0.4, -0.2) is 26.0 Å². The van der Waals surface area contributed by atoms with Crippen molar-refractivity contribution in [3.8, 4) is 11.5 Å². The molecule has 0 spiro atoms. The number of hydrogen-bond donors (Lipinski definition) is 1. The quantitative estimate of drug-likeness (QED) is 0.886. The summed E-state index contributed by atoms with van der Waals surface area (Å²) in [5.74, 6) is 1.18. The summed E-state index contributed by atoms with van der Waals surface area (Å²) in [7, 11) is 1.87. The van der Waals surface area contributed by atoms with E-state index in [2.05, 4.69) is 20.6 Å². The Morgan fingerprint density at radius 2 is 2.28 bits per heavy atom. The molecule has 18 heavy (non-hydrogen) atoms. The summed E-state index contributed by atoms with van der Waals surface area (Å²) in [6, 6.07) is 2.48. The van der Waals surface area contributed by atoms with Gasteiger partial charge < -0.3 is 9.84 Å². The molecule has 0 bridgehead atoms. The van der Waals surface area contributed by atoms with Gasteiger partial charge in [-0.2, -0.15) is 10.1 Å². The molecule has 1 aliphatic rings. The van der Waals surface area contributed by atoms with Crippen LogP contribution in [-0.2, 0) is 13.6 Å². The Morgan fingerprint density at radius 3 is 3.00 bits per heavy atom. The number of nitrogens with one attached hydrogen (secondary N) is 1. The first-order valence-electron chi connectivity index (χ1n) is 6.37. The molecule has 2 heterocycles. The number of rotatable bonds is 4. The zero-order valence-corrected chi connectivity index (χ0v) is 10.5. The lowest BCUT2D eigenvalue weighted by atomic mass is 10.2. The molecule has 3 rings (SSSR count). The number of aryl methyl sites for hydroxylation is 1. The maximum Gasteiger partial charge on any atom is 0.240 e. The molecule has 2 aromatic rings. The maximum absolute atomic E-state index is 5.22. The van der Waals surface area contributed by atoms with E-state index in [1.165, 1.54) is 25.7 Å². The molecule has 1 fully saturated rings. The number of hydrogen-bond acceptors (Lipinski definition) is 5. The molecule has 0 aromatic carbocycles. The average molecular weight is 247 g/mol. The van der Waals surface area contributed by atoms with Crippen molar-refractivity contribution < 1.29 is 4.52 Å². The van der Waals surface area contributed by atoms with E-state index in [1.54, 1.807) is 4.68 Å². The van der Waals surface area contributed by atoms with Gasteiger partial charge in [0, 0.05) is 19.3 Å². The van der Waals surface area contributed by atoms with Gasteiger partial charge in [-0.3, -0.25) is 4.68 Å². The number of nitrogens with zero attached hydrogens (tertiary/aromatic N) is 4. The van der Waals surface area contributed by atoms with Gasteiger partial charge in [0.25, 0.3) is 0 Å². The lowest BCUT2D eigenvalue weighted by Crippen LogP contribution is -2.25. The molecule has 0 saturated heterocycles. The van der Waals surface area contributed by atoms with Crippen LogP contribution < -0.4 is 5.32 Å². The van der Waals surface area contributed by atoms with Gasteiger partial charge in [-0.1, -0.05) is 18.0 Å². The molecule has 6 heteroatoms. The van der Waals surface area contributed by atoms with Crippen molar-refractivity contribution in [1.82, 2.24) is 25.2 Å². The third-order valence-electron chi connectivity index (χ3n) is 3.31. The summed E-state index contributed by atoms with van der Waals surface area (Å²) < 4.78 is 6.94. The van der Waals surface area contributed by atoms with Gasteiger partial charge in [0.2, 0.25) is 11.7 Å². The zero-order chi connectivity index (χ0) is 12.4. The second-order valence-electron chi connectivity index (χ2n) is 4.75. The van der Waals surface area contributed by atoms with Gasteiger partial charge in [0.15, 0.2) is 0 Å². The van der Waals surface area contributed by atoms with Crippen molar-refractivity contribution >= 4 is 0 Å². The van der Waals surface area contributed by atoms with Crippen LogP contribution in [0.15, 0.2) is 16.8 Å². The Morgan fingerprint density at radius 1 is 1.44 bits per heavy atom. The first-order chi connectivity index (χ1) is 8.81. The molecule has 0 atom stereocenters. The second-order valence-corrected chi connectivity index (χ2v) is 4.75. The van der Waals surface area contributed by atoms with Crippen LogP contribution in [0.4, 0.5) is 0 Å². The molecule has 96 valence electrons. The highest BCUT2D eigenvalue weighted by Crippen LogP contribution is 2.18. The molecule has 2 aromatic heterocycles. The highest BCUT2D eigenvalue weighted by Gasteiger charge is 2.16. The van der Waals surface area contributed by atoms with E-state index in [4.69, 9.17) is 4.52 Å². The molecule has 0 amide bonds. The lowest BCUT2D eigenvalue weighted by Gasteiger charge is -2.08. The molecule has 6 nitrogen and oxygen atoms in total. The van der Waals surface area contributed by atoms with Gasteiger partial charge in [-0.15, -0.1) is 0 Å². The fourth-order valence-corrected chi connectivity index (χ4v) is 2.33. The van der Waals surface area contributed by atoms with Crippen molar-refractivity contribution in [2.24, 2.45) is 7.05 Å². The van der Waals surface area contributed by atoms with E-state index in [9.17, 15) is 0 Å². The SMILES string of the molecule is Cn1ccc(-c2noc(CNC3CCCC3)n2)n1. The first-order valence-corrected chi connectivity index (χ1v) is 6.37. The minimum atomic E-state index is 0.554. The standard InChI is InChI=1S/C12H17N5O/c1-17-7-6-10(15-17)12-14-11(18-16-12)8-13-9-4-2-3-5-9/h6-7,9,13H,2-5,8H2,1H3. The molecular weight excluding hydrogens is 230 g/mol. The summed E-state index contributed by atoms with van der Waals surface area (Å²) in [4.78, 5) is 4.34. The average Bonchev–Trinajstić information content (AvgIpc) is 3.07. The van der Waals surface area contributed by atoms with E-state index in [0.717, 1.165) is 5.69 Å². The zero-order valence-electron chi connectivity index (χ0n) is 10.5. The second kappa shape index (κ2) is 4.89. The van der Waals surface area contributed by atoms with Crippen molar-refractivity contribution in [3.63, 3.8) is 0 Å². The van der Waals surface area contributed by atoms with Crippen molar-refractivity contribution in [3.05, 3.63) is 18.2 Å². The van der Waals surface area contributed by atoms with E-state index in [1.807, 2.05) is 19.3 Å². The van der Waals surface area contributed by atoms with Gasteiger partial charge in [0.05, 0.1) is 6.54 Å². The van der Waals surface area contributed by atoms with Gasteiger partial charge in [-0.05, 0) is 18.9 Å². The minimum absolute atomic E-state index is 0.554. The highest BCUT2D eigenvalue weighted by molar-refractivity contribution is 5.46. The molecule has 1 aliphatic carbocycles. The van der Waals surface area contributed by atoms with Crippen molar-refractivity contribution in [1.29, 1.82) is 0 Å². The number of aromatic nitrogens is 4. The van der Waals surface area contributed by atoms with Crippen molar-refractivity contribution in [2.75, 3.05) is 0 Å². The predicted molar refractivity (Wildman–Crippen MR) is 65.6 cm³/mol. The minimum Gasteiger partial charge on any atom is -0.337 e. The van der Waals surface area contributed by atoms with Crippen LogP contribution in [0.5, 0.6) is 0 Å². The Hall–Kier alpha value is -1.69. The van der Waals surface area contributed by atoms with Crippen molar-refractivity contribution in [2.45, 2.75) is 38.3 Å². The molecule has 0 radical (unpaired) electrons. The Kier molecular flexibility index (Phi) is 3.10. The molecule has 0 unspecified atom stereocenters. The van der Waals surface area contributed by atoms with Gasteiger partial charge in [-0.25, -0.2) is 0 Å². The molecular formula is C12H17N5O. The normalized spacial score (nSPS) is 16.5. The topological polar surface area (TPSA) is 68.8 Å². The third-order valence-corrected chi connectivity index (χ3v) is 3.31. The monoisotopic (exact) mass is 247 g/mol. The third kappa shape index (κ3) is 2.43.